The van der Waals surface area contributed by atoms with E-state index in [2.05, 4.69) is 46.9 Å². The molecule has 0 spiro atoms. The van der Waals surface area contributed by atoms with E-state index < -0.39 is 6.04 Å². The predicted octanol–water partition coefficient (Wildman–Crippen LogP) is 1.28. The van der Waals surface area contributed by atoms with Crippen LogP contribution in [0.15, 0.2) is 4.42 Å². The molecule has 1 aromatic heterocycles. The predicted molar refractivity (Wildman–Crippen MR) is 77.3 cm³/mol. The Bertz CT molecular complexity index is 425. The number of rotatable bonds is 7. The zero-order chi connectivity index (χ0) is 15.2. The molecular weight excluding hydrogens is 258 g/mol. The number of nitrogens with zero attached hydrogens (tertiary/aromatic N) is 2. The maximum atomic E-state index is 11.7. The van der Waals surface area contributed by atoms with Gasteiger partial charge in [0.05, 0.1) is 6.54 Å². The van der Waals surface area contributed by atoms with Crippen LogP contribution in [0.1, 0.15) is 46.9 Å². The van der Waals surface area contributed by atoms with Crippen LogP contribution >= 0.6 is 0 Å². The highest BCUT2D eigenvalue weighted by molar-refractivity contribution is 5.83. The van der Waals surface area contributed by atoms with Gasteiger partial charge in [-0.1, -0.05) is 12.0 Å². The van der Waals surface area contributed by atoms with E-state index in [-0.39, 0.29) is 17.5 Å². The average molecular weight is 283 g/mol. The maximum absolute atomic E-state index is 11.7. The molecule has 0 bridgehead atoms. The first-order valence-corrected chi connectivity index (χ1v) is 6.93. The highest BCUT2D eigenvalue weighted by Crippen LogP contribution is 2.08. The Morgan fingerprint density at radius 1 is 1.35 bits per heavy atom. The molecule has 0 aliphatic carbocycles. The summed E-state index contributed by atoms with van der Waals surface area (Å²) in [5.41, 5.74) is -0.0185. The van der Waals surface area contributed by atoms with E-state index in [9.17, 15) is 4.79 Å². The Hall–Kier alpha value is -1.63. The molecule has 0 saturated heterocycles. The first-order chi connectivity index (χ1) is 9.31. The molecule has 0 saturated carbocycles. The second kappa shape index (κ2) is 7.23. The maximum Gasteiger partial charge on any atom is 0.316 e. The van der Waals surface area contributed by atoms with Gasteiger partial charge < -0.3 is 20.4 Å². The number of aromatic nitrogens is 2. The van der Waals surface area contributed by atoms with Gasteiger partial charge in [0.1, 0.15) is 6.04 Å². The zero-order valence-corrected chi connectivity index (χ0v) is 12.9. The van der Waals surface area contributed by atoms with Gasteiger partial charge >= 0.3 is 6.01 Å². The quantitative estimate of drug-likeness (QED) is 0.698. The lowest BCUT2D eigenvalue weighted by Gasteiger charge is -2.18. The van der Waals surface area contributed by atoms with Crippen LogP contribution in [0.5, 0.6) is 0 Å². The van der Waals surface area contributed by atoms with E-state index in [1.165, 1.54) is 0 Å². The molecule has 0 aliphatic heterocycles. The van der Waals surface area contributed by atoms with Crippen molar-refractivity contribution < 1.29 is 9.21 Å². The number of hydrogen-bond donors (Lipinski definition) is 3. The summed E-state index contributed by atoms with van der Waals surface area (Å²) >= 11 is 0. The van der Waals surface area contributed by atoms with Gasteiger partial charge in [-0.25, -0.2) is 0 Å². The fourth-order valence-electron chi connectivity index (χ4n) is 1.38. The molecule has 1 heterocycles. The number of anilines is 1. The molecule has 3 N–H and O–H groups in total. The van der Waals surface area contributed by atoms with Crippen molar-refractivity contribution in [2.75, 3.05) is 11.9 Å². The summed E-state index contributed by atoms with van der Waals surface area (Å²) in [6, 6.07) is -0.153. The third-order valence-electron chi connectivity index (χ3n) is 2.52. The van der Waals surface area contributed by atoms with Crippen molar-refractivity contribution >= 4 is 11.9 Å². The Balaban J connectivity index is 2.45. The lowest BCUT2D eigenvalue weighted by atomic mass is 10.1. The monoisotopic (exact) mass is 283 g/mol. The highest BCUT2D eigenvalue weighted by atomic mass is 16.4. The largest absolute Gasteiger partial charge is 0.407 e. The SMILES string of the molecule is CCCNC(=O)C(C)Nc1nnc(CNC(C)(C)C)o1. The Kier molecular flexibility index (Phi) is 5.94. The van der Waals surface area contributed by atoms with Crippen LogP contribution in [0, 0.1) is 0 Å². The van der Waals surface area contributed by atoms with Gasteiger partial charge in [0.15, 0.2) is 0 Å². The third-order valence-corrected chi connectivity index (χ3v) is 2.52. The Morgan fingerprint density at radius 2 is 2.05 bits per heavy atom. The lowest BCUT2D eigenvalue weighted by Crippen LogP contribution is -2.37. The van der Waals surface area contributed by atoms with Gasteiger partial charge in [-0.05, 0) is 34.1 Å². The van der Waals surface area contributed by atoms with E-state index in [0.29, 0.717) is 19.0 Å². The van der Waals surface area contributed by atoms with Gasteiger partial charge in [-0.3, -0.25) is 4.79 Å². The van der Waals surface area contributed by atoms with Crippen LogP contribution in [0.3, 0.4) is 0 Å². The molecule has 7 heteroatoms. The second-order valence-electron chi connectivity index (χ2n) is 5.76. The third kappa shape index (κ3) is 6.01. The van der Waals surface area contributed by atoms with Crippen LogP contribution in [-0.2, 0) is 11.3 Å². The van der Waals surface area contributed by atoms with Gasteiger partial charge in [0.25, 0.3) is 0 Å². The minimum absolute atomic E-state index is 0.0185. The standard InChI is InChI=1S/C13H25N5O2/c1-6-7-14-11(19)9(2)16-12-18-17-10(20-12)8-15-13(3,4)5/h9,15H,6-8H2,1-5H3,(H,14,19)(H,16,18). The van der Waals surface area contributed by atoms with Crippen molar-refractivity contribution in [2.45, 2.75) is 59.2 Å². The van der Waals surface area contributed by atoms with Crippen LogP contribution in [0.2, 0.25) is 0 Å². The first kappa shape index (κ1) is 16.4. The van der Waals surface area contributed by atoms with E-state index in [0.717, 1.165) is 6.42 Å². The highest BCUT2D eigenvalue weighted by Gasteiger charge is 2.16. The fraction of sp³-hybridized carbons (Fsp3) is 0.769. The molecule has 1 unspecified atom stereocenters. The van der Waals surface area contributed by atoms with Gasteiger partial charge in [-0.2, -0.15) is 0 Å². The van der Waals surface area contributed by atoms with Crippen LogP contribution < -0.4 is 16.0 Å². The molecule has 114 valence electrons. The van der Waals surface area contributed by atoms with E-state index in [1.807, 2.05) is 6.92 Å². The van der Waals surface area contributed by atoms with E-state index in [4.69, 9.17) is 4.42 Å². The summed E-state index contributed by atoms with van der Waals surface area (Å²) < 4.78 is 5.43. The molecule has 0 fully saturated rings. The summed E-state index contributed by atoms with van der Waals surface area (Å²) in [6.45, 7) is 11.1. The van der Waals surface area contributed by atoms with Crippen molar-refractivity contribution in [1.82, 2.24) is 20.8 Å². The van der Waals surface area contributed by atoms with Crippen LogP contribution in [-0.4, -0.2) is 34.2 Å². The Morgan fingerprint density at radius 3 is 2.65 bits per heavy atom. The molecule has 1 amide bonds. The topological polar surface area (TPSA) is 92.1 Å². The van der Waals surface area contributed by atoms with Crippen molar-refractivity contribution in [3.63, 3.8) is 0 Å². The van der Waals surface area contributed by atoms with Gasteiger partial charge in [-0.15, -0.1) is 5.10 Å². The number of amides is 1. The normalized spacial score (nSPS) is 13.1. The number of carbonyl (C=O) groups is 1. The van der Waals surface area contributed by atoms with Crippen molar-refractivity contribution in [1.29, 1.82) is 0 Å². The zero-order valence-electron chi connectivity index (χ0n) is 12.9. The molecule has 0 aromatic carbocycles. The molecular formula is C13H25N5O2. The second-order valence-corrected chi connectivity index (χ2v) is 5.76. The molecule has 0 radical (unpaired) electrons. The minimum atomic E-state index is -0.412. The van der Waals surface area contributed by atoms with E-state index in [1.54, 1.807) is 6.92 Å². The molecule has 1 atom stereocenters. The summed E-state index contributed by atoms with van der Waals surface area (Å²) in [4.78, 5) is 11.7. The molecule has 7 nitrogen and oxygen atoms in total. The van der Waals surface area contributed by atoms with Crippen LogP contribution in [0.25, 0.3) is 0 Å². The minimum Gasteiger partial charge on any atom is -0.407 e. The summed E-state index contributed by atoms with van der Waals surface area (Å²) in [6.07, 6.45) is 0.904. The molecule has 1 rings (SSSR count). The van der Waals surface area contributed by atoms with Crippen molar-refractivity contribution in [3.05, 3.63) is 5.89 Å². The number of hydrogen-bond acceptors (Lipinski definition) is 6. The lowest BCUT2D eigenvalue weighted by molar-refractivity contribution is -0.121. The smallest absolute Gasteiger partial charge is 0.316 e. The van der Waals surface area contributed by atoms with E-state index >= 15 is 0 Å². The number of nitrogens with one attached hydrogen (secondary N) is 3. The van der Waals surface area contributed by atoms with Gasteiger partial charge in [0.2, 0.25) is 11.8 Å². The summed E-state index contributed by atoms with van der Waals surface area (Å²) in [7, 11) is 0. The van der Waals surface area contributed by atoms with Crippen molar-refractivity contribution in [2.24, 2.45) is 0 Å². The molecule has 20 heavy (non-hydrogen) atoms. The summed E-state index contributed by atoms with van der Waals surface area (Å²) in [5.74, 6) is 0.406. The Labute approximate surface area is 119 Å². The number of carbonyl (C=O) groups excluding carboxylic acids is 1. The van der Waals surface area contributed by atoms with Crippen molar-refractivity contribution in [3.8, 4) is 0 Å². The summed E-state index contributed by atoms with van der Waals surface area (Å²) in [5, 5.41) is 16.7. The fourth-order valence-corrected chi connectivity index (χ4v) is 1.38. The first-order valence-electron chi connectivity index (χ1n) is 6.93. The molecule has 1 aromatic rings. The van der Waals surface area contributed by atoms with Gasteiger partial charge in [0, 0.05) is 12.1 Å². The van der Waals surface area contributed by atoms with Crippen LogP contribution in [0.4, 0.5) is 6.01 Å². The molecule has 0 aliphatic rings. The average Bonchev–Trinajstić information content (AvgIpc) is 2.80.